The number of amides is 3. The molecule has 0 radical (unpaired) electrons. The fourth-order valence-electron chi connectivity index (χ4n) is 2.31. The van der Waals surface area contributed by atoms with Gasteiger partial charge < -0.3 is 5.32 Å². The number of carbonyl (C=O) groups excluding carboxylic acids is 3. The molecule has 3 rings (SSSR count). The maximum atomic E-state index is 12.2. The second-order valence-electron chi connectivity index (χ2n) is 4.96. The molecule has 1 aromatic heterocycles. The largest absolute Gasteiger partial charge is 0.309 e. The lowest BCUT2D eigenvalue weighted by molar-refractivity contribution is -0.116. The fourth-order valence-corrected chi connectivity index (χ4v) is 2.31. The van der Waals surface area contributed by atoms with Crippen LogP contribution in [0.1, 0.15) is 26.3 Å². The van der Waals surface area contributed by atoms with Crippen molar-refractivity contribution in [2.75, 3.05) is 11.9 Å². The van der Waals surface area contributed by atoms with E-state index >= 15 is 0 Å². The lowest BCUT2D eigenvalue weighted by Crippen LogP contribution is -2.37. The van der Waals surface area contributed by atoms with E-state index in [1.807, 2.05) is 13.0 Å². The smallest absolute Gasteiger partial charge is 0.262 e. The zero-order chi connectivity index (χ0) is 15.7. The molecule has 0 fully saturated rings. The summed E-state index contributed by atoms with van der Waals surface area (Å²) in [6.45, 7) is 1.48. The minimum atomic E-state index is -0.462. The standard InChI is InChI=1S/C16H13N3O3/c1-10-5-4-8-17-14(10)18-13(20)9-19-15(21)11-6-2-3-7-12(11)16(19)22/h2-8H,9H2,1H3,(H,17,18,20). The molecule has 0 saturated carbocycles. The van der Waals surface area contributed by atoms with Crippen LogP contribution in [0.5, 0.6) is 0 Å². The van der Waals surface area contributed by atoms with Crippen LogP contribution in [0.3, 0.4) is 0 Å². The first-order chi connectivity index (χ1) is 10.6. The molecule has 0 atom stereocenters. The van der Waals surface area contributed by atoms with E-state index in [1.165, 1.54) is 0 Å². The Labute approximate surface area is 126 Å². The van der Waals surface area contributed by atoms with Crippen molar-refractivity contribution in [1.29, 1.82) is 0 Å². The number of aromatic nitrogens is 1. The Balaban J connectivity index is 1.75. The van der Waals surface area contributed by atoms with Gasteiger partial charge in [-0.3, -0.25) is 19.3 Å². The van der Waals surface area contributed by atoms with Crippen LogP contribution in [0.2, 0.25) is 0 Å². The molecule has 1 aliphatic heterocycles. The van der Waals surface area contributed by atoms with Crippen LogP contribution in [0.4, 0.5) is 5.82 Å². The predicted octanol–water partition coefficient (Wildman–Crippen LogP) is 1.62. The molecular formula is C16H13N3O3. The zero-order valence-corrected chi connectivity index (χ0v) is 11.9. The first kappa shape index (κ1) is 13.9. The fraction of sp³-hybridized carbons (Fsp3) is 0.125. The van der Waals surface area contributed by atoms with Gasteiger partial charge in [0.05, 0.1) is 11.1 Å². The van der Waals surface area contributed by atoms with Gasteiger partial charge in [-0.1, -0.05) is 18.2 Å². The van der Waals surface area contributed by atoms with Crippen LogP contribution < -0.4 is 5.32 Å². The number of anilines is 1. The molecule has 2 heterocycles. The van der Waals surface area contributed by atoms with Crippen LogP contribution in [-0.2, 0) is 4.79 Å². The number of rotatable bonds is 3. The molecular weight excluding hydrogens is 282 g/mol. The van der Waals surface area contributed by atoms with Gasteiger partial charge in [0.1, 0.15) is 12.4 Å². The summed E-state index contributed by atoms with van der Waals surface area (Å²) >= 11 is 0. The number of fused-ring (bicyclic) bond motifs is 1. The van der Waals surface area contributed by atoms with Gasteiger partial charge in [0.15, 0.2) is 0 Å². The predicted molar refractivity (Wildman–Crippen MR) is 79.4 cm³/mol. The number of aryl methyl sites for hydroxylation is 1. The average molecular weight is 295 g/mol. The number of nitrogens with zero attached hydrogens (tertiary/aromatic N) is 2. The Hall–Kier alpha value is -3.02. The van der Waals surface area contributed by atoms with Crippen molar-refractivity contribution in [1.82, 2.24) is 9.88 Å². The van der Waals surface area contributed by atoms with Crippen molar-refractivity contribution in [2.45, 2.75) is 6.92 Å². The lowest BCUT2D eigenvalue weighted by atomic mass is 10.1. The Bertz CT molecular complexity index is 751. The Kier molecular flexibility index (Phi) is 3.42. The summed E-state index contributed by atoms with van der Waals surface area (Å²) in [5.41, 5.74) is 1.46. The summed E-state index contributed by atoms with van der Waals surface area (Å²) in [5, 5.41) is 2.61. The van der Waals surface area contributed by atoms with Crippen molar-refractivity contribution in [3.8, 4) is 0 Å². The van der Waals surface area contributed by atoms with E-state index in [0.29, 0.717) is 16.9 Å². The number of hydrogen-bond donors (Lipinski definition) is 1. The number of hydrogen-bond acceptors (Lipinski definition) is 4. The summed E-state index contributed by atoms with van der Waals surface area (Å²) in [6.07, 6.45) is 1.56. The molecule has 2 aromatic rings. The second-order valence-corrected chi connectivity index (χ2v) is 4.96. The molecule has 6 nitrogen and oxygen atoms in total. The number of imide groups is 1. The van der Waals surface area contributed by atoms with E-state index in [-0.39, 0.29) is 6.54 Å². The van der Waals surface area contributed by atoms with Gasteiger partial charge in [0.2, 0.25) is 5.91 Å². The first-order valence-electron chi connectivity index (χ1n) is 6.74. The van der Waals surface area contributed by atoms with E-state index in [0.717, 1.165) is 10.5 Å². The minimum Gasteiger partial charge on any atom is -0.309 e. The zero-order valence-electron chi connectivity index (χ0n) is 11.9. The summed E-state index contributed by atoms with van der Waals surface area (Å²) < 4.78 is 0. The minimum absolute atomic E-state index is 0.328. The van der Waals surface area contributed by atoms with Crippen LogP contribution in [0.25, 0.3) is 0 Å². The van der Waals surface area contributed by atoms with Crippen molar-refractivity contribution in [2.24, 2.45) is 0 Å². The van der Waals surface area contributed by atoms with E-state index in [4.69, 9.17) is 0 Å². The molecule has 3 amide bonds. The van der Waals surface area contributed by atoms with Crippen molar-refractivity contribution < 1.29 is 14.4 Å². The van der Waals surface area contributed by atoms with Gasteiger partial charge in [0.25, 0.3) is 11.8 Å². The van der Waals surface area contributed by atoms with E-state index in [2.05, 4.69) is 10.3 Å². The molecule has 1 aliphatic rings. The topological polar surface area (TPSA) is 79.4 Å². The highest BCUT2D eigenvalue weighted by atomic mass is 16.2. The van der Waals surface area contributed by atoms with E-state index in [1.54, 1.807) is 36.5 Å². The van der Waals surface area contributed by atoms with E-state index < -0.39 is 17.7 Å². The van der Waals surface area contributed by atoms with Crippen molar-refractivity contribution in [3.05, 3.63) is 59.3 Å². The highest BCUT2D eigenvalue weighted by molar-refractivity contribution is 6.22. The number of nitrogens with one attached hydrogen (secondary N) is 1. The first-order valence-corrected chi connectivity index (χ1v) is 6.74. The highest BCUT2D eigenvalue weighted by Crippen LogP contribution is 2.22. The second kappa shape index (κ2) is 5.40. The monoisotopic (exact) mass is 295 g/mol. The Morgan fingerprint density at radius 2 is 1.73 bits per heavy atom. The molecule has 110 valence electrons. The number of carbonyl (C=O) groups is 3. The summed E-state index contributed by atoms with van der Waals surface area (Å²) in [5.74, 6) is -0.942. The third-order valence-corrected chi connectivity index (χ3v) is 3.45. The van der Waals surface area contributed by atoms with Crippen molar-refractivity contribution >= 4 is 23.5 Å². The summed E-state index contributed by atoms with van der Waals surface area (Å²) in [4.78, 5) is 41.4. The maximum absolute atomic E-state index is 12.2. The Morgan fingerprint density at radius 3 is 2.32 bits per heavy atom. The van der Waals surface area contributed by atoms with Gasteiger partial charge in [-0.15, -0.1) is 0 Å². The molecule has 0 bridgehead atoms. The molecule has 6 heteroatoms. The Morgan fingerprint density at radius 1 is 1.09 bits per heavy atom. The van der Waals surface area contributed by atoms with Crippen LogP contribution in [0.15, 0.2) is 42.6 Å². The molecule has 1 N–H and O–H groups in total. The van der Waals surface area contributed by atoms with Gasteiger partial charge >= 0.3 is 0 Å². The average Bonchev–Trinajstić information content (AvgIpc) is 2.75. The summed E-state index contributed by atoms with van der Waals surface area (Å²) in [6, 6.07) is 10.1. The van der Waals surface area contributed by atoms with Crippen LogP contribution in [0, 0.1) is 6.92 Å². The van der Waals surface area contributed by atoms with Crippen LogP contribution in [-0.4, -0.2) is 34.2 Å². The molecule has 22 heavy (non-hydrogen) atoms. The van der Waals surface area contributed by atoms with Gasteiger partial charge in [-0.25, -0.2) is 4.98 Å². The van der Waals surface area contributed by atoms with Crippen molar-refractivity contribution in [3.63, 3.8) is 0 Å². The highest BCUT2D eigenvalue weighted by Gasteiger charge is 2.36. The number of pyridine rings is 1. The maximum Gasteiger partial charge on any atom is 0.262 e. The third kappa shape index (κ3) is 2.35. The summed E-state index contributed by atoms with van der Waals surface area (Å²) in [7, 11) is 0. The van der Waals surface area contributed by atoms with Gasteiger partial charge in [0, 0.05) is 6.20 Å². The van der Waals surface area contributed by atoms with Gasteiger partial charge in [-0.2, -0.15) is 0 Å². The molecule has 0 aliphatic carbocycles. The van der Waals surface area contributed by atoms with Crippen LogP contribution >= 0.6 is 0 Å². The molecule has 1 aromatic carbocycles. The quantitative estimate of drug-likeness (QED) is 0.873. The lowest BCUT2D eigenvalue weighted by Gasteiger charge is -2.13. The van der Waals surface area contributed by atoms with E-state index in [9.17, 15) is 14.4 Å². The van der Waals surface area contributed by atoms with Gasteiger partial charge in [-0.05, 0) is 30.7 Å². The normalized spacial score (nSPS) is 13.2. The third-order valence-electron chi connectivity index (χ3n) is 3.45. The SMILES string of the molecule is Cc1cccnc1NC(=O)CN1C(=O)c2ccccc2C1=O. The number of benzene rings is 1. The molecule has 0 spiro atoms. The molecule has 0 unspecified atom stereocenters. The molecule has 0 saturated heterocycles.